The average Bonchev–Trinajstić information content (AvgIpc) is 2.97. The lowest BCUT2D eigenvalue weighted by molar-refractivity contribution is 0.413. The summed E-state index contributed by atoms with van der Waals surface area (Å²) < 4.78 is 10.6. The van der Waals surface area contributed by atoms with E-state index in [1.54, 1.807) is 25.4 Å². The molecule has 2 heterocycles. The molecule has 1 aromatic carbocycles. The predicted octanol–water partition coefficient (Wildman–Crippen LogP) is 2.70. The molecule has 0 amide bonds. The first-order valence-corrected chi connectivity index (χ1v) is 6.38. The molecule has 0 bridgehead atoms. The molecule has 3 rings (SSSR count). The van der Waals surface area contributed by atoms with Crippen LogP contribution in [0, 0.1) is 6.92 Å². The van der Waals surface area contributed by atoms with Gasteiger partial charge in [-0.05, 0) is 36.8 Å². The zero-order valence-electron chi connectivity index (χ0n) is 11.7. The van der Waals surface area contributed by atoms with Crippen LogP contribution < -0.4 is 10.5 Å². The molecule has 0 aliphatic rings. The lowest BCUT2D eigenvalue weighted by Gasteiger charge is -2.05. The fraction of sp³-hybridized carbons (Fsp3) is 0.133. The second-order valence-electron chi connectivity index (χ2n) is 4.60. The van der Waals surface area contributed by atoms with E-state index in [-0.39, 0.29) is 0 Å². The van der Waals surface area contributed by atoms with Gasteiger partial charge in [-0.15, -0.1) is 0 Å². The Morgan fingerprint density at radius 3 is 2.76 bits per heavy atom. The van der Waals surface area contributed by atoms with Crippen molar-refractivity contribution >= 4 is 5.82 Å². The topological polar surface area (TPSA) is 87.1 Å². The molecule has 3 aromatic rings. The van der Waals surface area contributed by atoms with E-state index in [1.807, 2.05) is 25.1 Å². The Kier molecular flexibility index (Phi) is 3.27. The number of hydrogen-bond donors (Lipinski definition) is 1. The molecule has 0 atom stereocenters. The summed E-state index contributed by atoms with van der Waals surface area (Å²) in [6, 6.07) is 9.27. The number of methoxy groups -OCH3 is 1. The highest BCUT2D eigenvalue weighted by Crippen LogP contribution is 2.30. The Morgan fingerprint density at radius 1 is 1.19 bits per heavy atom. The van der Waals surface area contributed by atoms with Gasteiger partial charge in [0.1, 0.15) is 11.6 Å². The highest BCUT2D eigenvalue weighted by atomic mass is 16.5. The molecule has 0 saturated carbocycles. The minimum absolute atomic E-state index is 0.389. The number of aromatic nitrogens is 3. The second-order valence-corrected chi connectivity index (χ2v) is 4.60. The van der Waals surface area contributed by atoms with Gasteiger partial charge in [-0.1, -0.05) is 11.2 Å². The Balaban J connectivity index is 2.00. The number of anilines is 1. The van der Waals surface area contributed by atoms with Gasteiger partial charge in [-0.3, -0.25) is 0 Å². The number of nitrogen functional groups attached to an aromatic ring is 1. The molecule has 0 radical (unpaired) electrons. The maximum Gasteiger partial charge on any atom is 0.259 e. The first kappa shape index (κ1) is 13.1. The normalized spacial score (nSPS) is 10.6. The van der Waals surface area contributed by atoms with Crippen LogP contribution in [0.3, 0.4) is 0 Å². The van der Waals surface area contributed by atoms with Crippen molar-refractivity contribution < 1.29 is 9.26 Å². The molecule has 0 saturated heterocycles. The molecule has 2 aromatic heterocycles. The minimum Gasteiger partial charge on any atom is -0.496 e. The summed E-state index contributed by atoms with van der Waals surface area (Å²) in [5.74, 6) is 2.01. The molecule has 0 spiro atoms. The lowest BCUT2D eigenvalue weighted by Crippen LogP contribution is -1.91. The van der Waals surface area contributed by atoms with Crippen molar-refractivity contribution in [3.05, 3.63) is 42.1 Å². The van der Waals surface area contributed by atoms with Crippen LogP contribution >= 0.6 is 0 Å². The number of pyridine rings is 1. The fourth-order valence-corrected chi connectivity index (χ4v) is 1.97. The van der Waals surface area contributed by atoms with E-state index in [9.17, 15) is 0 Å². The van der Waals surface area contributed by atoms with Crippen molar-refractivity contribution in [1.29, 1.82) is 0 Å². The zero-order chi connectivity index (χ0) is 14.8. The van der Waals surface area contributed by atoms with Crippen molar-refractivity contribution in [2.24, 2.45) is 0 Å². The molecule has 0 aliphatic heterocycles. The maximum atomic E-state index is 5.56. The Hall–Kier alpha value is -2.89. The van der Waals surface area contributed by atoms with E-state index in [0.29, 0.717) is 28.8 Å². The highest BCUT2D eigenvalue weighted by Gasteiger charge is 2.14. The van der Waals surface area contributed by atoms with E-state index in [4.69, 9.17) is 15.0 Å². The molecule has 0 aliphatic carbocycles. The molecule has 106 valence electrons. The van der Waals surface area contributed by atoms with E-state index in [0.717, 1.165) is 11.1 Å². The minimum atomic E-state index is 0.389. The summed E-state index contributed by atoms with van der Waals surface area (Å²) in [6.07, 6.45) is 1.60. The third kappa shape index (κ3) is 2.55. The standard InChI is InChI=1S/C15H14N4O2/c1-9-3-5-11(12(7-9)20-2)14-18-15(21-19-14)10-4-6-13(16)17-8-10/h3-8H,1-2H3,(H2,16,17). The smallest absolute Gasteiger partial charge is 0.259 e. The third-order valence-corrected chi connectivity index (χ3v) is 3.06. The summed E-state index contributed by atoms with van der Waals surface area (Å²) in [7, 11) is 1.61. The summed E-state index contributed by atoms with van der Waals surface area (Å²) >= 11 is 0. The molecule has 0 unspecified atom stereocenters. The van der Waals surface area contributed by atoms with E-state index in [1.165, 1.54) is 0 Å². The molecule has 2 N–H and O–H groups in total. The Morgan fingerprint density at radius 2 is 2.05 bits per heavy atom. The second kappa shape index (κ2) is 5.24. The van der Waals surface area contributed by atoms with Crippen LogP contribution in [0.4, 0.5) is 5.82 Å². The third-order valence-electron chi connectivity index (χ3n) is 3.06. The van der Waals surface area contributed by atoms with Crippen LogP contribution in [0.25, 0.3) is 22.8 Å². The van der Waals surface area contributed by atoms with E-state index >= 15 is 0 Å². The van der Waals surface area contributed by atoms with Crippen LogP contribution in [-0.4, -0.2) is 22.2 Å². The average molecular weight is 282 g/mol. The number of hydrogen-bond acceptors (Lipinski definition) is 6. The van der Waals surface area contributed by atoms with Crippen molar-refractivity contribution in [3.8, 4) is 28.6 Å². The summed E-state index contributed by atoms with van der Waals surface area (Å²) in [4.78, 5) is 8.39. The van der Waals surface area contributed by atoms with Crippen LogP contribution in [0.1, 0.15) is 5.56 Å². The molecular weight excluding hydrogens is 268 g/mol. The van der Waals surface area contributed by atoms with Gasteiger partial charge >= 0.3 is 0 Å². The quantitative estimate of drug-likeness (QED) is 0.794. The van der Waals surface area contributed by atoms with Crippen molar-refractivity contribution in [2.75, 3.05) is 12.8 Å². The summed E-state index contributed by atoms with van der Waals surface area (Å²) in [6.45, 7) is 1.99. The predicted molar refractivity (Wildman–Crippen MR) is 78.7 cm³/mol. The van der Waals surface area contributed by atoms with Crippen LogP contribution in [0.2, 0.25) is 0 Å². The van der Waals surface area contributed by atoms with Crippen molar-refractivity contribution in [2.45, 2.75) is 6.92 Å². The van der Waals surface area contributed by atoms with Gasteiger partial charge in [0.25, 0.3) is 5.89 Å². The highest BCUT2D eigenvalue weighted by molar-refractivity contribution is 5.66. The summed E-state index contributed by atoms with van der Waals surface area (Å²) in [5.41, 5.74) is 8.15. The zero-order valence-corrected chi connectivity index (χ0v) is 11.7. The van der Waals surface area contributed by atoms with Gasteiger partial charge in [0.2, 0.25) is 5.82 Å². The largest absolute Gasteiger partial charge is 0.496 e. The number of ether oxygens (including phenoxy) is 1. The van der Waals surface area contributed by atoms with Gasteiger partial charge in [0, 0.05) is 6.20 Å². The van der Waals surface area contributed by atoms with E-state index in [2.05, 4.69) is 15.1 Å². The van der Waals surface area contributed by atoms with E-state index < -0.39 is 0 Å². The first-order valence-electron chi connectivity index (χ1n) is 6.38. The Bertz CT molecular complexity index is 766. The Labute approximate surface area is 121 Å². The molecular formula is C15H14N4O2. The van der Waals surface area contributed by atoms with Crippen molar-refractivity contribution in [1.82, 2.24) is 15.1 Å². The SMILES string of the molecule is COc1cc(C)ccc1-c1noc(-c2ccc(N)nc2)n1. The maximum absolute atomic E-state index is 5.56. The molecule has 21 heavy (non-hydrogen) atoms. The lowest BCUT2D eigenvalue weighted by atomic mass is 10.1. The monoisotopic (exact) mass is 282 g/mol. The summed E-state index contributed by atoms with van der Waals surface area (Å²) in [5, 5.41) is 4.00. The number of aryl methyl sites for hydroxylation is 1. The van der Waals surface area contributed by atoms with Crippen LogP contribution in [-0.2, 0) is 0 Å². The number of benzene rings is 1. The van der Waals surface area contributed by atoms with Crippen molar-refractivity contribution in [3.63, 3.8) is 0 Å². The van der Waals surface area contributed by atoms with Gasteiger partial charge in [-0.25, -0.2) is 4.98 Å². The van der Waals surface area contributed by atoms with Gasteiger partial charge in [0.05, 0.1) is 18.2 Å². The van der Waals surface area contributed by atoms with Crippen LogP contribution in [0.15, 0.2) is 41.1 Å². The number of nitrogens with zero attached hydrogens (tertiary/aromatic N) is 3. The molecule has 6 heteroatoms. The molecule has 0 fully saturated rings. The number of nitrogens with two attached hydrogens (primary N) is 1. The first-order chi connectivity index (χ1) is 10.2. The number of rotatable bonds is 3. The molecule has 6 nitrogen and oxygen atoms in total. The van der Waals surface area contributed by atoms with Gasteiger partial charge in [-0.2, -0.15) is 4.98 Å². The van der Waals surface area contributed by atoms with Gasteiger partial charge < -0.3 is 15.0 Å². The van der Waals surface area contributed by atoms with Crippen LogP contribution in [0.5, 0.6) is 5.75 Å². The fourth-order valence-electron chi connectivity index (χ4n) is 1.97. The van der Waals surface area contributed by atoms with Gasteiger partial charge in [0.15, 0.2) is 0 Å².